The predicted molar refractivity (Wildman–Crippen MR) is 60.9 cm³/mol. The minimum Gasteiger partial charge on any atom is -0.490 e. The van der Waals surface area contributed by atoms with Crippen LogP contribution in [0.5, 0.6) is 5.75 Å². The Bertz CT molecular complexity index is 404. The topological polar surface area (TPSA) is 21.3 Å². The van der Waals surface area contributed by atoms with E-state index in [1.54, 1.807) is 6.07 Å². The van der Waals surface area contributed by atoms with E-state index in [9.17, 15) is 0 Å². The van der Waals surface area contributed by atoms with Gasteiger partial charge in [0.2, 0.25) is 0 Å². The van der Waals surface area contributed by atoms with Crippen LogP contribution in [0, 0.1) is 0 Å². The number of hydrogen-bond acceptors (Lipinski definition) is 2. The van der Waals surface area contributed by atoms with Crippen molar-refractivity contribution in [3.05, 3.63) is 27.7 Å². The lowest BCUT2D eigenvalue weighted by Gasteiger charge is -2.11. The molecule has 1 unspecified atom stereocenters. The van der Waals surface area contributed by atoms with Crippen LogP contribution in [0.1, 0.15) is 24.4 Å². The molecular formula is C11H11Cl2NO. The van der Waals surface area contributed by atoms with Gasteiger partial charge in [-0.1, -0.05) is 23.2 Å². The molecule has 80 valence electrons. The van der Waals surface area contributed by atoms with Crippen LogP contribution in [0.3, 0.4) is 0 Å². The Morgan fingerprint density at radius 3 is 2.67 bits per heavy atom. The SMILES string of the molecule is Clc1ccc(Cl)c2c1OCC2NC1CC1. The highest BCUT2D eigenvalue weighted by Crippen LogP contribution is 2.43. The molecule has 1 aromatic carbocycles. The third-order valence-corrected chi connectivity index (χ3v) is 3.48. The van der Waals surface area contributed by atoms with Gasteiger partial charge in [-0.05, 0) is 25.0 Å². The summed E-state index contributed by atoms with van der Waals surface area (Å²) in [4.78, 5) is 0. The second kappa shape index (κ2) is 3.55. The fourth-order valence-corrected chi connectivity index (χ4v) is 2.44. The molecule has 15 heavy (non-hydrogen) atoms. The first-order chi connectivity index (χ1) is 7.25. The van der Waals surface area contributed by atoms with Crippen LogP contribution in [-0.4, -0.2) is 12.6 Å². The van der Waals surface area contributed by atoms with Crippen molar-refractivity contribution in [3.63, 3.8) is 0 Å². The van der Waals surface area contributed by atoms with Crippen molar-refractivity contribution in [3.8, 4) is 5.75 Å². The molecule has 0 aromatic heterocycles. The van der Waals surface area contributed by atoms with Crippen LogP contribution in [0.4, 0.5) is 0 Å². The predicted octanol–water partition coefficient (Wildman–Crippen LogP) is 3.18. The van der Waals surface area contributed by atoms with Gasteiger partial charge in [0.1, 0.15) is 12.4 Å². The maximum absolute atomic E-state index is 6.16. The van der Waals surface area contributed by atoms with Gasteiger partial charge in [0.25, 0.3) is 0 Å². The third kappa shape index (κ3) is 1.71. The number of fused-ring (bicyclic) bond motifs is 1. The minimum absolute atomic E-state index is 0.207. The van der Waals surface area contributed by atoms with E-state index in [0.717, 1.165) is 16.3 Å². The van der Waals surface area contributed by atoms with E-state index in [0.29, 0.717) is 17.7 Å². The summed E-state index contributed by atoms with van der Waals surface area (Å²) >= 11 is 12.2. The summed E-state index contributed by atoms with van der Waals surface area (Å²) in [7, 11) is 0. The molecule has 2 aliphatic rings. The van der Waals surface area contributed by atoms with Gasteiger partial charge < -0.3 is 10.1 Å². The van der Waals surface area contributed by atoms with Crippen LogP contribution in [0.2, 0.25) is 10.0 Å². The fraction of sp³-hybridized carbons (Fsp3) is 0.455. The van der Waals surface area contributed by atoms with Crippen LogP contribution in [0.25, 0.3) is 0 Å². The Balaban J connectivity index is 1.96. The number of benzene rings is 1. The summed E-state index contributed by atoms with van der Waals surface area (Å²) in [6.07, 6.45) is 2.51. The van der Waals surface area contributed by atoms with Crippen LogP contribution in [-0.2, 0) is 0 Å². The van der Waals surface area contributed by atoms with Gasteiger partial charge in [0.05, 0.1) is 11.1 Å². The lowest BCUT2D eigenvalue weighted by atomic mass is 10.1. The van der Waals surface area contributed by atoms with E-state index in [4.69, 9.17) is 27.9 Å². The summed E-state index contributed by atoms with van der Waals surface area (Å²) < 4.78 is 5.57. The molecule has 0 bridgehead atoms. The van der Waals surface area contributed by atoms with Gasteiger partial charge in [-0.15, -0.1) is 0 Å². The zero-order valence-corrected chi connectivity index (χ0v) is 9.61. The van der Waals surface area contributed by atoms with Crippen molar-refractivity contribution in [2.75, 3.05) is 6.61 Å². The van der Waals surface area contributed by atoms with Gasteiger partial charge in [0.15, 0.2) is 0 Å². The van der Waals surface area contributed by atoms with Gasteiger partial charge in [-0.3, -0.25) is 0 Å². The van der Waals surface area contributed by atoms with Crippen molar-refractivity contribution in [1.29, 1.82) is 0 Å². The van der Waals surface area contributed by atoms with Crippen LogP contribution < -0.4 is 10.1 Å². The Morgan fingerprint density at radius 2 is 1.93 bits per heavy atom. The summed E-state index contributed by atoms with van der Waals surface area (Å²) in [6, 6.07) is 4.46. The molecular weight excluding hydrogens is 233 g/mol. The number of nitrogens with one attached hydrogen (secondary N) is 1. The number of ether oxygens (including phenoxy) is 1. The molecule has 0 spiro atoms. The molecule has 1 heterocycles. The van der Waals surface area contributed by atoms with Gasteiger partial charge in [0, 0.05) is 16.6 Å². The second-order valence-corrected chi connectivity index (χ2v) is 4.89. The highest BCUT2D eigenvalue weighted by Gasteiger charge is 2.33. The van der Waals surface area contributed by atoms with E-state index in [-0.39, 0.29) is 6.04 Å². The monoisotopic (exact) mass is 243 g/mol. The van der Waals surface area contributed by atoms with Crippen molar-refractivity contribution in [1.82, 2.24) is 5.32 Å². The lowest BCUT2D eigenvalue weighted by molar-refractivity contribution is 0.310. The summed E-state index contributed by atoms with van der Waals surface area (Å²) in [5.74, 6) is 0.752. The average molecular weight is 244 g/mol. The molecule has 2 nitrogen and oxygen atoms in total. The molecule has 1 aromatic rings. The zero-order valence-electron chi connectivity index (χ0n) is 8.09. The Labute approximate surface area is 98.5 Å². The van der Waals surface area contributed by atoms with E-state index < -0.39 is 0 Å². The third-order valence-electron chi connectivity index (χ3n) is 2.85. The van der Waals surface area contributed by atoms with Crippen molar-refractivity contribution in [2.45, 2.75) is 24.9 Å². The standard InChI is InChI=1S/C11H11Cl2NO/c12-7-3-4-8(13)11-10(7)9(5-15-11)14-6-1-2-6/h3-4,6,9,14H,1-2,5H2. The minimum atomic E-state index is 0.207. The number of hydrogen-bond donors (Lipinski definition) is 1. The molecule has 0 amide bonds. The Morgan fingerprint density at radius 1 is 1.20 bits per heavy atom. The van der Waals surface area contributed by atoms with Crippen LogP contribution in [0.15, 0.2) is 12.1 Å². The van der Waals surface area contributed by atoms with Crippen molar-refractivity contribution in [2.24, 2.45) is 0 Å². The lowest BCUT2D eigenvalue weighted by Crippen LogP contribution is -2.24. The molecule has 3 rings (SSSR count). The maximum Gasteiger partial charge on any atom is 0.144 e. The molecule has 0 radical (unpaired) electrons. The van der Waals surface area contributed by atoms with Gasteiger partial charge in [-0.25, -0.2) is 0 Å². The van der Waals surface area contributed by atoms with Crippen molar-refractivity contribution < 1.29 is 4.74 Å². The molecule has 1 N–H and O–H groups in total. The van der Waals surface area contributed by atoms with Gasteiger partial charge in [-0.2, -0.15) is 0 Å². The van der Waals surface area contributed by atoms with E-state index in [2.05, 4.69) is 5.32 Å². The molecule has 1 aliphatic heterocycles. The zero-order chi connectivity index (χ0) is 10.4. The molecule has 1 aliphatic carbocycles. The smallest absolute Gasteiger partial charge is 0.144 e. The first kappa shape index (κ1) is 9.76. The highest BCUT2D eigenvalue weighted by molar-refractivity contribution is 6.35. The molecule has 0 saturated heterocycles. The number of halogens is 2. The molecule has 1 atom stereocenters. The average Bonchev–Trinajstić information content (AvgIpc) is 2.91. The molecule has 1 saturated carbocycles. The molecule has 1 fully saturated rings. The Hall–Kier alpha value is -0.440. The largest absolute Gasteiger partial charge is 0.490 e. The van der Waals surface area contributed by atoms with E-state index in [1.807, 2.05) is 6.07 Å². The number of rotatable bonds is 2. The van der Waals surface area contributed by atoms with Gasteiger partial charge >= 0.3 is 0 Å². The fourth-order valence-electron chi connectivity index (χ4n) is 1.94. The highest BCUT2D eigenvalue weighted by atomic mass is 35.5. The first-order valence-electron chi connectivity index (χ1n) is 5.12. The summed E-state index contributed by atoms with van der Waals surface area (Å²) in [5.41, 5.74) is 1.02. The second-order valence-electron chi connectivity index (χ2n) is 4.08. The van der Waals surface area contributed by atoms with E-state index in [1.165, 1.54) is 12.8 Å². The van der Waals surface area contributed by atoms with Crippen molar-refractivity contribution >= 4 is 23.2 Å². The summed E-state index contributed by atoms with van der Waals surface area (Å²) in [6.45, 7) is 0.634. The van der Waals surface area contributed by atoms with Crippen LogP contribution >= 0.6 is 23.2 Å². The quantitative estimate of drug-likeness (QED) is 0.862. The maximum atomic E-state index is 6.16. The Kier molecular flexibility index (Phi) is 2.31. The molecule has 4 heteroatoms. The van der Waals surface area contributed by atoms with E-state index >= 15 is 0 Å². The summed E-state index contributed by atoms with van der Waals surface area (Å²) in [5, 5.41) is 4.90. The first-order valence-corrected chi connectivity index (χ1v) is 5.88. The normalized spacial score (nSPS) is 23.7.